The van der Waals surface area contributed by atoms with E-state index in [-0.39, 0.29) is 10.8 Å². The van der Waals surface area contributed by atoms with Gasteiger partial charge in [-0.15, -0.1) is 0 Å². The quantitative estimate of drug-likeness (QED) is 0.296. The molecule has 5 aromatic rings. The Morgan fingerprint density at radius 2 is 1.33 bits per heavy atom. The molecular formula is C31H26BN. The van der Waals surface area contributed by atoms with Crippen LogP contribution in [-0.2, 0) is 10.8 Å². The summed E-state index contributed by atoms with van der Waals surface area (Å²) in [7, 11) is 0. The molecule has 0 saturated carbocycles. The third-order valence-corrected chi connectivity index (χ3v) is 9.13. The number of benzene rings is 4. The SMILES string of the molecule is Cc1cc2c3ccccc3n3c2c2c1C(C)(C)c1cccc4c1B2c1c-3cccc1C4(C)C. The van der Waals surface area contributed by atoms with Crippen LogP contribution in [0.5, 0.6) is 0 Å². The molecule has 0 fully saturated rings. The van der Waals surface area contributed by atoms with E-state index in [1.807, 2.05) is 0 Å². The fourth-order valence-corrected chi connectivity index (χ4v) is 7.93. The first-order valence-corrected chi connectivity index (χ1v) is 12.2. The van der Waals surface area contributed by atoms with Crippen molar-refractivity contribution in [3.05, 3.63) is 94.5 Å². The molecule has 0 aliphatic carbocycles. The smallest absolute Gasteiger partial charge is 0.248 e. The van der Waals surface area contributed by atoms with Gasteiger partial charge in [0.1, 0.15) is 0 Å². The maximum Gasteiger partial charge on any atom is 0.248 e. The molecule has 0 atom stereocenters. The van der Waals surface area contributed by atoms with E-state index in [4.69, 9.17) is 0 Å². The average Bonchev–Trinajstić information content (AvgIpc) is 3.12. The molecule has 0 amide bonds. The fraction of sp³-hybridized carbons (Fsp3) is 0.226. The molecule has 8 rings (SSSR count). The van der Waals surface area contributed by atoms with Gasteiger partial charge in [-0.05, 0) is 63.9 Å². The van der Waals surface area contributed by atoms with E-state index < -0.39 is 0 Å². The van der Waals surface area contributed by atoms with Crippen LogP contribution in [0.4, 0.5) is 0 Å². The number of nitrogens with zero attached hydrogens (tertiary/aromatic N) is 1. The van der Waals surface area contributed by atoms with Crippen LogP contribution in [0.3, 0.4) is 0 Å². The summed E-state index contributed by atoms with van der Waals surface area (Å²) in [6.45, 7) is 12.4. The van der Waals surface area contributed by atoms with E-state index in [1.54, 1.807) is 10.9 Å². The second kappa shape index (κ2) is 5.28. The summed E-state index contributed by atoms with van der Waals surface area (Å²) in [5.74, 6) is 0. The van der Waals surface area contributed by atoms with Gasteiger partial charge in [0, 0.05) is 32.8 Å². The number of aryl methyl sites for hydroxylation is 1. The Hall–Kier alpha value is -3.26. The number of para-hydroxylation sites is 1. The molecule has 0 N–H and O–H groups in total. The van der Waals surface area contributed by atoms with Crippen molar-refractivity contribution in [3.63, 3.8) is 0 Å². The molecule has 4 heterocycles. The van der Waals surface area contributed by atoms with E-state index in [0.717, 1.165) is 0 Å². The summed E-state index contributed by atoms with van der Waals surface area (Å²) < 4.78 is 2.59. The van der Waals surface area contributed by atoms with Gasteiger partial charge in [0.2, 0.25) is 6.71 Å². The molecule has 3 aliphatic rings. The van der Waals surface area contributed by atoms with Gasteiger partial charge >= 0.3 is 0 Å². The van der Waals surface area contributed by atoms with E-state index >= 15 is 0 Å². The minimum Gasteiger partial charge on any atom is -0.310 e. The molecule has 3 aliphatic heterocycles. The summed E-state index contributed by atoms with van der Waals surface area (Å²) in [5.41, 5.74) is 16.2. The van der Waals surface area contributed by atoms with Gasteiger partial charge in [0.15, 0.2) is 0 Å². The van der Waals surface area contributed by atoms with Crippen molar-refractivity contribution in [3.8, 4) is 5.69 Å². The second-order valence-electron chi connectivity index (χ2n) is 11.4. The lowest BCUT2D eigenvalue weighted by atomic mass is 9.26. The van der Waals surface area contributed by atoms with Gasteiger partial charge in [-0.3, -0.25) is 0 Å². The molecular weight excluding hydrogens is 397 g/mol. The van der Waals surface area contributed by atoms with Crippen LogP contribution < -0.4 is 16.4 Å². The van der Waals surface area contributed by atoms with Gasteiger partial charge in [-0.25, -0.2) is 0 Å². The van der Waals surface area contributed by atoms with Gasteiger partial charge in [-0.1, -0.05) is 81.7 Å². The topological polar surface area (TPSA) is 4.93 Å². The van der Waals surface area contributed by atoms with Gasteiger partial charge in [-0.2, -0.15) is 0 Å². The normalized spacial score (nSPS) is 17.7. The summed E-state index contributed by atoms with van der Waals surface area (Å²) in [5, 5.41) is 2.77. The zero-order valence-corrected chi connectivity index (χ0v) is 19.9. The zero-order valence-electron chi connectivity index (χ0n) is 19.9. The monoisotopic (exact) mass is 423 g/mol. The molecule has 1 nitrogen and oxygen atoms in total. The molecule has 0 bridgehead atoms. The zero-order chi connectivity index (χ0) is 22.4. The van der Waals surface area contributed by atoms with Crippen molar-refractivity contribution in [2.24, 2.45) is 0 Å². The first-order chi connectivity index (χ1) is 15.8. The lowest BCUT2D eigenvalue weighted by molar-refractivity contribution is 0.619. The van der Waals surface area contributed by atoms with Crippen molar-refractivity contribution >= 4 is 44.9 Å². The van der Waals surface area contributed by atoms with Crippen LogP contribution in [0.15, 0.2) is 66.7 Å². The van der Waals surface area contributed by atoms with E-state index in [0.29, 0.717) is 6.71 Å². The minimum atomic E-state index is -0.0311. The summed E-state index contributed by atoms with van der Waals surface area (Å²) >= 11 is 0. The van der Waals surface area contributed by atoms with Gasteiger partial charge < -0.3 is 4.57 Å². The van der Waals surface area contributed by atoms with Crippen LogP contribution >= 0.6 is 0 Å². The molecule has 0 radical (unpaired) electrons. The van der Waals surface area contributed by atoms with Crippen molar-refractivity contribution in [2.75, 3.05) is 0 Å². The lowest BCUT2D eigenvalue weighted by Crippen LogP contribution is -2.68. The third-order valence-electron chi connectivity index (χ3n) is 9.13. The van der Waals surface area contributed by atoms with E-state index in [1.165, 1.54) is 60.8 Å². The molecule has 0 unspecified atom stereocenters. The molecule has 33 heavy (non-hydrogen) atoms. The number of rotatable bonds is 0. The molecule has 4 aromatic carbocycles. The van der Waals surface area contributed by atoms with Crippen LogP contribution in [0.1, 0.15) is 55.5 Å². The Morgan fingerprint density at radius 1 is 0.667 bits per heavy atom. The minimum absolute atomic E-state index is 0.0236. The highest BCUT2D eigenvalue weighted by Gasteiger charge is 2.52. The first kappa shape index (κ1) is 18.2. The number of hydrogen-bond donors (Lipinski definition) is 0. The van der Waals surface area contributed by atoms with Crippen LogP contribution in [0.2, 0.25) is 0 Å². The lowest BCUT2D eigenvalue weighted by Gasteiger charge is -2.49. The molecule has 0 saturated heterocycles. The Bertz CT molecular complexity index is 1730. The van der Waals surface area contributed by atoms with Crippen molar-refractivity contribution in [1.82, 2.24) is 4.57 Å². The van der Waals surface area contributed by atoms with E-state index in [9.17, 15) is 0 Å². The van der Waals surface area contributed by atoms with Crippen LogP contribution in [0, 0.1) is 6.92 Å². The van der Waals surface area contributed by atoms with Crippen molar-refractivity contribution in [2.45, 2.75) is 45.4 Å². The summed E-state index contributed by atoms with van der Waals surface area (Å²) in [6.07, 6.45) is 0. The average molecular weight is 423 g/mol. The largest absolute Gasteiger partial charge is 0.310 e. The Labute approximate surface area is 195 Å². The molecule has 1 aromatic heterocycles. The highest BCUT2D eigenvalue weighted by atomic mass is 15.0. The van der Waals surface area contributed by atoms with Crippen molar-refractivity contribution < 1.29 is 0 Å². The number of hydrogen-bond acceptors (Lipinski definition) is 0. The summed E-state index contributed by atoms with van der Waals surface area (Å²) in [6, 6.07) is 25.6. The maximum absolute atomic E-state index is 2.59. The number of fused-ring (bicyclic) bond motifs is 4. The highest BCUT2D eigenvalue weighted by Crippen LogP contribution is 2.46. The Kier molecular flexibility index (Phi) is 2.91. The predicted octanol–water partition coefficient (Wildman–Crippen LogP) is 5.20. The number of aromatic nitrogens is 1. The van der Waals surface area contributed by atoms with Crippen LogP contribution in [-0.4, -0.2) is 11.3 Å². The third kappa shape index (κ3) is 1.77. The molecule has 158 valence electrons. The van der Waals surface area contributed by atoms with Gasteiger partial charge in [0.05, 0.1) is 5.52 Å². The molecule has 2 heteroatoms. The maximum atomic E-state index is 2.59. The fourth-order valence-electron chi connectivity index (χ4n) is 7.93. The highest BCUT2D eigenvalue weighted by molar-refractivity contribution is 7.00. The Balaban J connectivity index is 1.74. The van der Waals surface area contributed by atoms with Gasteiger partial charge in [0.25, 0.3) is 0 Å². The second-order valence-corrected chi connectivity index (χ2v) is 11.4. The predicted molar refractivity (Wildman–Crippen MR) is 141 cm³/mol. The summed E-state index contributed by atoms with van der Waals surface area (Å²) in [4.78, 5) is 0. The van der Waals surface area contributed by atoms with Crippen LogP contribution in [0.25, 0.3) is 27.5 Å². The molecule has 0 spiro atoms. The van der Waals surface area contributed by atoms with E-state index in [2.05, 4.69) is 106 Å². The van der Waals surface area contributed by atoms with Crippen molar-refractivity contribution in [1.29, 1.82) is 0 Å². The Morgan fingerprint density at radius 3 is 2.12 bits per heavy atom. The first-order valence-electron chi connectivity index (χ1n) is 12.2. The standard InChI is InChI=1S/C31H26BN/c1-17-16-19-18-10-6-7-14-23(18)33-24-15-9-13-22-27(24)32-26-20(30(22,2)3)11-8-12-21(26)31(4,5)25(17)28(32)29(19)33/h6-16H,1-5H3.